The third kappa shape index (κ3) is 5.72. The molecule has 8 nitrogen and oxygen atoms in total. The van der Waals surface area contributed by atoms with E-state index in [1.165, 1.54) is 4.90 Å². The number of nitrogens with one attached hydrogen (secondary N) is 1. The molecule has 1 saturated heterocycles. The first kappa shape index (κ1) is 27.4. The number of ether oxygens (including phenoxy) is 2. The molecule has 3 aromatic carbocycles. The molecule has 3 aromatic rings. The highest BCUT2D eigenvalue weighted by Crippen LogP contribution is 2.44. The SMILES string of the molecule is CC(OCc1ccccc1)C(NC(=O)OCC1c2ccccc2-c2ccccc21)C(=O)N1C[C@@H](C)[C@H](C(=O)O)C1. The first-order chi connectivity index (χ1) is 19.3. The van der Waals surface area contributed by atoms with Gasteiger partial charge in [0.25, 0.3) is 0 Å². The number of hydrogen-bond donors (Lipinski definition) is 2. The summed E-state index contributed by atoms with van der Waals surface area (Å²) >= 11 is 0. The van der Waals surface area contributed by atoms with E-state index in [4.69, 9.17) is 9.47 Å². The van der Waals surface area contributed by atoms with E-state index in [1.807, 2.05) is 73.7 Å². The second-order valence-electron chi connectivity index (χ2n) is 10.6. The zero-order valence-corrected chi connectivity index (χ0v) is 22.7. The third-order valence-corrected chi connectivity index (χ3v) is 7.95. The van der Waals surface area contributed by atoms with Crippen LogP contribution in [0.4, 0.5) is 4.79 Å². The summed E-state index contributed by atoms with van der Waals surface area (Å²) in [4.78, 5) is 39.9. The predicted molar refractivity (Wildman–Crippen MR) is 150 cm³/mol. The van der Waals surface area contributed by atoms with Gasteiger partial charge < -0.3 is 24.8 Å². The van der Waals surface area contributed by atoms with Crippen LogP contribution in [0.25, 0.3) is 11.1 Å². The number of carboxylic acids is 1. The number of hydrogen-bond acceptors (Lipinski definition) is 5. The van der Waals surface area contributed by atoms with Crippen LogP contribution in [0.3, 0.4) is 0 Å². The summed E-state index contributed by atoms with van der Waals surface area (Å²) in [5.74, 6) is -2.28. The lowest BCUT2D eigenvalue weighted by Gasteiger charge is -2.28. The molecule has 0 saturated carbocycles. The lowest BCUT2D eigenvalue weighted by atomic mass is 9.98. The van der Waals surface area contributed by atoms with Crippen molar-refractivity contribution in [2.45, 2.75) is 38.5 Å². The van der Waals surface area contributed by atoms with Crippen LogP contribution in [0, 0.1) is 11.8 Å². The summed E-state index contributed by atoms with van der Waals surface area (Å²) in [5.41, 5.74) is 5.37. The molecule has 1 aliphatic carbocycles. The maximum atomic E-state index is 13.6. The average Bonchev–Trinajstić information content (AvgIpc) is 3.52. The highest BCUT2D eigenvalue weighted by molar-refractivity contribution is 5.87. The summed E-state index contributed by atoms with van der Waals surface area (Å²) in [6.45, 7) is 4.29. The highest BCUT2D eigenvalue weighted by atomic mass is 16.5. The molecule has 2 unspecified atom stereocenters. The minimum absolute atomic E-state index is 0.0869. The number of rotatable bonds is 9. The molecule has 8 heteroatoms. The maximum absolute atomic E-state index is 13.6. The molecule has 208 valence electrons. The van der Waals surface area contributed by atoms with E-state index in [-0.39, 0.29) is 37.5 Å². The van der Waals surface area contributed by atoms with Gasteiger partial charge in [-0.25, -0.2) is 4.79 Å². The van der Waals surface area contributed by atoms with Gasteiger partial charge >= 0.3 is 12.1 Å². The van der Waals surface area contributed by atoms with Gasteiger partial charge in [0.05, 0.1) is 18.6 Å². The van der Waals surface area contributed by atoms with E-state index >= 15 is 0 Å². The molecule has 4 atom stereocenters. The Labute approximate surface area is 233 Å². The number of alkyl carbamates (subject to hydrolysis) is 1. The monoisotopic (exact) mass is 542 g/mol. The largest absolute Gasteiger partial charge is 0.481 e. The van der Waals surface area contributed by atoms with E-state index < -0.39 is 30.1 Å². The molecule has 5 rings (SSSR count). The summed E-state index contributed by atoms with van der Waals surface area (Å²) < 4.78 is 11.7. The van der Waals surface area contributed by atoms with Crippen molar-refractivity contribution in [1.82, 2.24) is 10.2 Å². The smallest absolute Gasteiger partial charge is 0.407 e. The Bertz CT molecular complexity index is 1330. The van der Waals surface area contributed by atoms with Crippen molar-refractivity contribution in [3.05, 3.63) is 95.6 Å². The number of fused-ring (bicyclic) bond motifs is 3. The molecule has 0 aromatic heterocycles. The predicted octanol–water partition coefficient (Wildman–Crippen LogP) is 4.68. The number of carbonyl (C=O) groups excluding carboxylic acids is 2. The number of amides is 2. The van der Waals surface area contributed by atoms with Gasteiger partial charge in [-0.1, -0.05) is 85.8 Å². The van der Waals surface area contributed by atoms with E-state index in [0.717, 1.165) is 27.8 Å². The van der Waals surface area contributed by atoms with Crippen molar-refractivity contribution in [2.75, 3.05) is 19.7 Å². The van der Waals surface area contributed by atoms with E-state index in [0.29, 0.717) is 6.54 Å². The molecule has 0 radical (unpaired) electrons. The Morgan fingerprint density at radius 1 is 0.925 bits per heavy atom. The van der Waals surface area contributed by atoms with Gasteiger partial charge in [0, 0.05) is 19.0 Å². The maximum Gasteiger partial charge on any atom is 0.407 e. The first-order valence-electron chi connectivity index (χ1n) is 13.6. The molecule has 0 spiro atoms. The van der Waals surface area contributed by atoms with Gasteiger partial charge in [0.1, 0.15) is 12.6 Å². The Morgan fingerprint density at radius 3 is 2.12 bits per heavy atom. The number of aliphatic carboxylic acids is 1. The molecule has 2 N–H and O–H groups in total. The van der Waals surface area contributed by atoms with Crippen LogP contribution in [0.15, 0.2) is 78.9 Å². The van der Waals surface area contributed by atoms with Crippen LogP contribution in [-0.2, 0) is 25.7 Å². The lowest BCUT2D eigenvalue weighted by Crippen LogP contribution is -2.54. The Balaban J connectivity index is 1.29. The minimum Gasteiger partial charge on any atom is -0.481 e. The van der Waals surface area contributed by atoms with Gasteiger partial charge in [0.15, 0.2) is 0 Å². The van der Waals surface area contributed by atoms with E-state index in [9.17, 15) is 19.5 Å². The number of carboxylic acid groups (broad SMARTS) is 1. The summed E-state index contributed by atoms with van der Waals surface area (Å²) in [7, 11) is 0. The van der Waals surface area contributed by atoms with Crippen LogP contribution in [0.1, 0.15) is 36.5 Å². The van der Waals surface area contributed by atoms with E-state index in [2.05, 4.69) is 17.4 Å². The van der Waals surface area contributed by atoms with Crippen LogP contribution in [-0.4, -0.2) is 59.8 Å². The molecular formula is C32H34N2O6. The Morgan fingerprint density at radius 2 is 1.52 bits per heavy atom. The molecular weight excluding hydrogens is 508 g/mol. The fourth-order valence-electron chi connectivity index (χ4n) is 5.71. The molecule has 40 heavy (non-hydrogen) atoms. The van der Waals surface area contributed by atoms with Crippen LogP contribution >= 0.6 is 0 Å². The fraction of sp³-hybridized carbons (Fsp3) is 0.344. The zero-order valence-electron chi connectivity index (χ0n) is 22.7. The third-order valence-electron chi connectivity index (χ3n) is 7.95. The summed E-state index contributed by atoms with van der Waals surface area (Å²) in [6, 6.07) is 24.7. The van der Waals surface area contributed by atoms with Gasteiger partial charge in [-0.05, 0) is 40.7 Å². The van der Waals surface area contributed by atoms with Gasteiger partial charge in [0.2, 0.25) is 5.91 Å². The number of nitrogens with zero attached hydrogens (tertiary/aromatic N) is 1. The summed E-state index contributed by atoms with van der Waals surface area (Å²) in [6.07, 6.45) is -1.41. The van der Waals surface area contributed by atoms with Crippen LogP contribution in [0.2, 0.25) is 0 Å². The quantitative estimate of drug-likeness (QED) is 0.407. The summed E-state index contributed by atoms with van der Waals surface area (Å²) in [5, 5.41) is 12.3. The Hall–Kier alpha value is -4.17. The zero-order chi connectivity index (χ0) is 28.2. The van der Waals surface area contributed by atoms with Crippen molar-refractivity contribution in [1.29, 1.82) is 0 Å². The van der Waals surface area contributed by atoms with Crippen molar-refractivity contribution in [2.24, 2.45) is 11.8 Å². The van der Waals surface area contributed by atoms with Crippen molar-refractivity contribution >= 4 is 18.0 Å². The molecule has 1 heterocycles. The first-order valence-corrected chi connectivity index (χ1v) is 13.6. The van der Waals surface area contributed by atoms with Crippen molar-refractivity contribution in [3.8, 4) is 11.1 Å². The topological polar surface area (TPSA) is 105 Å². The minimum atomic E-state index is -1.04. The fourth-order valence-corrected chi connectivity index (χ4v) is 5.71. The highest BCUT2D eigenvalue weighted by Gasteiger charge is 2.41. The van der Waals surface area contributed by atoms with Crippen LogP contribution in [0.5, 0.6) is 0 Å². The van der Waals surface area contributed by atoms with Crippen LogP contribution < -0.4 is 5.32 Å². The molecule has 1 fully saturated rings. The lowest BCUT2D eigenvalue weighted by molar-refractivity contribution is -0.142. The Kier molecular flexibility index (Phi) is 8.16. The molecule has 0 bridgehead atoms. The standard InChI is InChI=1S/C32H34N2O6/c1-20-16-34(17-27(20)31(36)37)30(35)29(21(2)39-18-22-10-4-3-5-11-22)33-32(38)40-19-28-25-14-8-6-12-23(25)24-13-7-9-15-26(24)28/h3-15,20-21,27-29H,16-19H2,1-2H3,(H,33,38)(H,36,37)/t20-,21?,27-,29?/m1/s1. The van der Waals surface area contributed by atoms with E-state index in [1.54, 1.807) is 6.92 Å². The number of benzene rings is 3. The second-order valence-corrected chi connectivity index (χ2v) is 10.6. The molecule has 2 amide bonds. The van der Waals surface area contributed by atoms with Crippen molar-refractivity contribution in [3.63, 3.8) is 0 Å². The second kappa shape index (κ2) is 11.9. The number of likely N-dealkylation sites (tertiary alicyclic amines) is 1. The molecule has 1 aliphatic heterocycles. The van der Waals surface area contributed by atoms with Gasteiger partial charge in [-0.15, -0.1) is 0 Å². The molecule has 2 aliphatic rings. The van der Waals surface area contributed by atoms with Gasteiger partial charge in [-0.2, -0.15) is 0 Å². The number of carbonyl (C=O) groups is 3. The normalized spacial score (nSPS) is 19.4. The average molecular weight is 543 g/mol. The van der Waals surface area contributed by atoms with Gasteiger partial charge in [-0.3, -0.25) is 9.59 Å². The van der Waals surface area contributed by atoms with Crippen molar-refractivity contribution < 1.29 is 29.0 Å².